The van der Waals surface area contributed by atoms with Crippen molar-refractivity contribution >= 4 is 35.1 Å². The number of hydrogen-bond acceptors (Lipinski definition) is 7. The van der Waals surface area contributed by atoms with Crippen molar-refractivity contribution in [2.75, 3.05) is 37.7 Å². The zero-order valence-corrected chi connectivity index (χ0v) is 28.2. The van der Waals surface area contributed by atoms with E-state index in [1.54, 1.807) is 4.90 Å². The SMILES string of the molecule is CCOC(=O)C1CCN(c2cccc(-c3cccc(Cl)c3OCc3ccc(C4=CCN(C(=O)OC(C)(C)C)CC4)cc3C)n2)CC1. The van der Waals surface area contributed by atoms with Crippen LogP contribution in [0.4, 0.5) is 10.6 Å². The Labute approximate surface area is 277 Å². The van der Waals surface area contributed by atoms with E-state index in [0.29, 0.717) is 37.1 Å². The number of benzene rings is 2. The fraction of sp³-hybridized carbons (Fsp3) is 0.432. The number of ether oxygens (including phenoxy) is 3. The van der Waals surface area contributed by atoms with Gasteiger partial charge in [0.25, 0.3) is 0 Å². The van der Waals surface area contributed by atoms with Crippen molar-refractivity contribution in [1.29, 1.82) is 0 Å². The number of anilines is 1. The van der Waals surface area contributed by atoms with Gasteiger partial charge in [-0.3, -0.25) is 4.79 Å². The maximum atomic E-state index is 12.5. The molecule has 8 nitrogen and oxygen atoms in total. The molecular weight excluding hydrogens is 602 g/mol. The Morgan fingerprint density at radius 1 is 1.02 bits per heavy atom. The van der Waals surface area contributed by atoms with Crippen molar-refractivity contribution in [1.82, 2.24) is 9.88 Å². The highest BCUT2D eigenvalue weighted by atomic mass is 35.5. The van der Waals surface area contributed by atoms with E-state index in [2.05, 4.69) is 36.1 Å². The van der Waals surface area contributed by atoms with Crippen molar-refractivity contribution in [3.63, 3.8) is 0 Å². The molecule has 0 atom stereocenters. The number of piperidine rings is 1. The van der Waals surface area contributed by atoms with Gasteiger partial charge >= 0.3 is 12.1 Å². The summed E-state index contributed by atoms with van der Waals surface area (Å²) in [5.41, 5.74) is 5.65. The highest BCUT2D eigenvalue weighted by Crippen LogP contribution is 2.37. The van der Waals surface area contributed by atoms with Crippen LogP contribution in [-0.2, 0) is 20.9 Å². The summed E-state index contributed by atoms with van der Waals surface area (Å²) < 4.78 is 17.1. The molecular formula is C37H44ClN3O5. The molecule has 2 aliphatic heterocycles. The van der Waals surface area contributed by atoms with Crippen LogP contribution >= 0.6 is 11.6 Å². The average molecular weight is 646 g/mol. The Balaban J connectivity index is 1.25. The molecule has 3 heterocycles. The molecule has 3 aromatic rings. The summed E-state index contributed by atoms with van der Waals surface area (Å²) in [5, 5.41) is 0.524. The van der Waals surface area contributed by atoms with Gasteiger partial charge in [-0.25, -0.2) is 9.78 Å². The van der Waals surface area contributed by atoms with Gasteiger partial charge in [0.1, 0.15) is 23.8 Å². The van der Waals surface area contributed by atoms with Crippen molar-refractivity contribution in [2.24, 2.45) is 5.92 Å². The molecule has 2 aliphatic rings. The predicted octanol–water partition coefficient (Wildman–Crippen LogP) is 8.09. The number of aryl methyl sites for hydroxylation is 1. The normalized spacial score (nSPS) is 15.7. The van der Waals surface area contributed by atoms with Crippen LogP contribution in [0.5, 0.6) is 5.75 Å². The molecule has 0 aliphatic carbocycles. The number of carbonyl (C=O) groups excluding carboxylic acids is 2. The number of pyridine rings is 1. The third-order valence-electron chi connectivity index (χ3n) is 8.36. The lowest BCUT2D eigenvalue weighted by Gasteiger charge is -2.32. The minimum atomic E-state index is -0.507. The Bertz CT molecular complexity index is 1590. The molecule has 1 fully saturated rings. The maximum absolute atomic E-state index is 12.5. The molecule has 9 heteroatoms. The zero-order valence-electron chi connectivity index (χ0n) is 27.5. The number of nitrogens with zero attached hydrogens (tertiary/aromatic N) is 3. The standard InChI is InChI=1S/C37H44ClN3O5/c1-6-44-35(42)27-17-19-40(20-18-27)33-12-8-11-32(39-33)30-9-7-10-31(38)34(30)45-24-29-14-13-28(23-25(29)2)26-15-21-41(22-16-26)36(43)46-37(3,4)5/h7-15,23,27H,6,16-22,24H2,1-5H3. The van der Waals surface area contributed by atoms with Gasteiger partial charge in [-0.15, -0.1) is 0 Å². The molecule has 244 valence electrons. The molecule has 5 rings (SSSR count). The van der Waals surface area contributed by atoms with Gasteiger partial charge in [0, 0.05) is 31.7 Å². The minimum Gasteiger partial charge on any atom is -0.487 e. The summed E-state index contributed by atoms with van der Waals surface area (Å²) in [7, 11) is 0. The second-order valence-electron chi connectivity index (χ2n) is 12.8. The van der Waals surface area contributed by atoms with E-state index in [0.717, 1.165) is 66.1 Å². The summed E-state index contributed by atoms with van der Waals surface area (Å²) in [5.74, 6) is 1.30. The molecule has 0 spiro atoms. The summed E-state index contributed by atoms with van der Waals surface area (Å²) in [6.07, 6.45) is 4.10. The van der Waals surface area contributed by atoms with E-state index in [1.165, 1.54) is 5.57 Å². The largest absolute Gasteiger partial charge is 0.487 e. The van der Waals surface area contributed by atoms with Crippen molar-refractivity contribution < 1.29 is 23.8 Å². The van der Waals surface area contributed by atoms with Gasteiger partial charge in [-0.2, -0.15) is 0 Å². The highest BCUT2D eigenvalue weighted by Gasteiger charge is 2.27. The highest BCUT2D eigenvalue weighted by molar-refractivity contribution is 6.32. The number of para-hydroxylation sites is 1. The van der Waals surface area contributed by atoms with Crippen LogP contribution < -0.4 is 9.64 Å². The van der Waals surface area contributed by atoms with Gasteiger partial charge < -0.3 is 24.0 Å². The van der Waals surface area contributed by atoms with Crippen LogP contribution in [-0.4, -0.2) is 60.3 Å². The van der Waals surface area contributed by atoms with Crippen molar-refractivity contribution in [2.45, 2.75) is 66.1 Å². The number of carbonyl (C=O) groups is 2. The molecule has 1 saturated heterocycles. The Kier molecular flexibility index (Phi) is 10.6. The second kappa shape index (κ2) is 14.6. The molecule has 2 aromatic carbocycles. The van der Waals surface area contributed by atoms with Crippen LogP contribution in [0, 0.1) is 12.8 Å². The number of aromatic nitrogens is 1. The van der Waals surface area contributed by atoms with E-state index in [1.807, 2.05) is 64.1 Å². The lowest BCUT2D eigenvalue weighted by atomic mass is 9.96. The summed E-state index contributed by atoms with van der Waals surface area (Å²) >= 11 is 6.69. The predicted molar refractivity (Wildman–Crippen MR) is 182 cm³/mol. The third-order valence-corrected chi connectivity index (χ3v) is 8.66. The van der Waals surface area contributed by atoms with Crippen molar-refractivity contribution in [3.05, 3.63) is 82.4 Å². The Morgan fingerprint density at radius 3 is 2.46 bits per heavy atom. The first-order chi connectivity index (χ1) is 22.0. The van der Waals surface area contributed by atoms with Gasteiger partial charge in [0.15, 0.2) is 0 Å². The van der Waals surface area contributed by atoms with Crippen LogP contribution in [0.25, 0.3) is 16.8 Å². The molecule has 1 aromatic heterocycles. The van der Waals surface area contributed by atoms with Crippen LogP contribution in [0.15, 0.2) is 60.7 Å². The lowest BCUT2D eigenvalue weighted by Crippen LogP contribution is -2.39. The van der Waals surface area contributed by atoms with E-state index in [9.17, 15) is 9.59 Å². The lowest BCUT2D eigenvalue weighted by molar-refractivity contribution is -0.148. The molecule has 0 unspecified atom stereocenters. The third kappa shape index (κ3) is 8.21. The second-order valence-corrected chi connectivity index (χ2v) is 13.3. The van der Waals surface area contributed by atoms with E-state index >= 15 is 0 Å². The van der Waals surface area contributed by atoms with Gasteiger partial charge in [0.05, 0.1) is 23.2 Å². The molecule has 1 amide bonds. The topological polar surface area (TPSA) is 81.2 Å². The fourth-order valence-electron chi connectivity index (χ4n) is 5.84. The first kappa shape index (κ1) is 33.3. The Morgan fingerprint density at radius 2 is 1.78 bits per heavy atom. The first-order valence-corrected chi connectivity index (χ1v) is 16.5. The minimum absolute atomic E-state index is 0.0567. The van der Waals surface area contributed by atoms with Gasteiger partial charge in [-0.05, 0) is 100 Å². The number of hydrogen-bond donors (Lipinski definition) is 0. The fourth-order valence-corrected chi connectivity index (χ4v) is 6.07. The number of halogens is 1. The molecule has 0 radical (unpaired) electrons. The van der Waals surface area contributed by atoms with Gasteiger partial charge in [0.2, 0.25) is 0 Å². The zero-order chi connectivity index (χ0) is 32.8. The van der Waals surface area contributed by atoms with E-state index in [-0.39, 0.29) is 18.0 Å². The van der Waals surface area contributed by atoms with Crippen molar-refractivity contribution in [3.8, 4) is 17.0 Å². The first-order valence-electron chi connectivity index (χ1n) is 16.1. The number of esters is 1. The monoisotopic (exact) mass is 645 g/mol. The average Bonchev–Trinajstić information content (AvgIpc) is 3.04. The van der Waals surface area contributed by atoms with Crippen LogP contribution in [0.2, 0.25) is 5.02 Å². The molecule has 0 N–H and O–H groups in total. The van der Waals surface area contributed by atoms with Gasteiger partial charge in [-0.1, -0.05) is 48.0 Å². The molecule has 46 heavy (non-hydrogen) atoms. The summed E-state index contributed by atoms with van der Waals surface area (Å²) in [4.78, 5) is 33.6. The number of amides is 1. The molecule has 0 bridgehead atoms. The Hall–Kier alpha value is -4.04. The summed E-state index contributed by atoms with van der Waals surface area (Å²) in [6.45, 7) is 13.0. The van der Waals surface area contributed by atoms with E-state index in [4.69, 9.17) is 30.8 Å². The van der Waals surface area contributed by atoms with Crippen LogP contribution in [0.1, 0.15) is 63.6 Å². The van der Waals surface area contributed by atoms with Crippen LogP contribution in [0.3, 0.4) is 0 Å². The quantitative estimate of drug-likeness (QED) is 0.229. The maximum Gasteiger partial charge on any atom is 0.410 e. The number of rotatable bonds is 8. The summed E-state index contributed by atoms with van der Waals surface area (Å²) in [6, 6.07) is 18.1. The smallest absolute Gasteiger partial charge is 0.410 e. The molecule has 0 saturated carbocycles. The van der Waals surface area contributed by atoms with E-state index < -0.39 is 5.60 Å².